The summed E-state index contributed by atoms with van der Waals surface area (Å²) in [5.74, 6) is -8.11. The van der Waals surface area contributed by atoms with Crippen LogP contribution in [-0.4, -0.2) is 30.3 Å². The summed E-state index contributed by atoms with van der Waals surface area (Å²) in [6.45, 7) is 2.92. The third-order valence-electron chi connectivity index (χ3n) is 3.22. The van der Waals surface area contributed by atoms with Crippen molar-refractivity contribution >= 4 is 17.4 Å². The number of esters is 1. The minimum atomic E-state index is -1.99. The second-order valence-corrected chi connectivity index (χ2v) is 4.88. The smallest absolute Gasteiger partial charge is 0.343 e. The van der Waals surface area contributed by atoms with Crippen molar-refractivity contribution in [2.75, 3.05) is 13.7 Å². The minimum absolute atomic E-state index is 0.329. The van der Waals surface area contributed by atoms with Crippen molar-refractivity contribution in [3.63, 3.8) is 0 Å². The number of Topliss-reactive ketones (excluding diaryl/α,β-unsaturated/α-hetero) is 1. The van der Waals surface area contributed by atoms with Crippen LogP contribution in [0.2, 0.25) is 0 Å². The number of rotatable bonds is 7. The van der Waals surface area contributed by atoms with E-state index < -0.39 is 56.5 Å². The zero-order valence-electron chi connectivity index (χ0n) is 13.6. The lowest BCUT2D eigenvalue weighted by Crippen LogP contribution is -2.22. The number of methoxy groups -OCH3 is 1. The fourth-order valence-electron chi connectivity index (χ4n) is 1.93. The van der Waals surface area contributed by atoms with Gasteiger partial charge in [-0.2, -0.15) is 4.39 Å². The van der Waals surface area contributed by atoms with E-state index in [1.807, 2.05) is 0 Å². The highest BCUT2D eigenvalue weighted by Gasteiger charge is 2.37. The fraction of sp³-hybridized carbons (Fsp3) is 0.333. The first-order valence-corrected chi connectivity index (χ1v) is 7.06. The summed E-state index contributed by atoms with van der Waals surface area (Å²) < 4.78 is 46.1. The quantitative estimate of drug-likeness (QED) is 0.0923. The van der Waals surface area contributed by atoms with Crippen molar-refractivity contribution in [1.29, 1.82) is 0 Å². The van der Waals surface area contributed by atoms with E-state index in [1.165, 1.54) is 0 Å². The van der Waals surface area contributed by atoms with E-state index in [9.17, 15) is 32.9 Å². The van der Waals surface area contributed by atoms with Gasteiger partial charge in [0.05, 0.1) is 12.0 Å². The maximum absolute atomic E-state index is 14.3. The van der Waals surface area contributed by atoms with Crippen molar-refractivity contribution in [3.8, 4) is 0 Å². The van der Waals surface area contributed by atoms with Gasteiger partial charge < -0.3 is 10.1 Å². The Labute approximate surface area is 140 Å². The molecule has 0 bridgehead atoms. The monoisotopic (exact) mass is 360 g/mol. The van der Waals surface area contributed by atoms with Crippen LogP contribution >= 0.6 is 0 Å². The molecule has 0 unspecified atom stereocenters. The van der Waals surface area contributed by atoms with E-state index in [4.69, 9.17) is 0 Å². The van der Waals surface area contributed by atoms with Crippen molar-refractivity contribution in [3.05, 3.63) is 50.5 Å². The Morgan fingerprint density at radius 2 is 1.84 bits per heavy atom. The number of nitro benzene ring substituents is 1. The maximum Gasteiger partial charge on any atom is 0.343 e. The molecule has 1 aromatic carbocycles. The predicted molar refractivity (Wildman–Crippen MR) is 80.4 cm³/mol. The van der Waals surface area contributed by atoms with Gasteiger partial charge in [0.1, 0.15) is 17.0 Å². The van der Waals surface area contributed by atoms with Gasteiger partial charge in [0.15, 0.2) is 5.82 Å². The second-order valence-electron chi connectivity index (χ2n) is 4.88. The van der Waals surface area contributed by atoms with Crippen LogP contribution < -0.4 is 5.32 Å². The van der Waals surface area contributed by atoms with Crippen LogP contribution in [0.1, 0.15) is 29.3 Å². The molecule has 0 fully saturated rings. The average molecular weight is 360 g/mol. The normalized spacial score (nSPS) is 11.2. The molecule has 1 rings (SSSR count). The largest absolute Gasteiger partial charge is 0.465 e. The SMILES string of the molecule is CCCN/C=C(/C(=O)OC)C(=O)c1c(F)c(C)c(F)c(F)c1[N+](=O)[O-]. The van der Waals surface area contributed by atoms with Crippen molar-refractivity contribution in [1.82, 2.24) is 5.32 Å². The highest BCUT2D eigenvalue weighted by molar-refractivity contribution is 6.25. The summed E-state index contributed by atoms with van der Waals surface area (Å²) in [6, 6.07) is 0. The Bertz CT molecular complexity index is 762. The summed E-state index contributed by atoms with van der Waals surface area (Å²) in [5, 5.41) is 13.6. The number of carbonyl (C=O) groups is 2. The second kappa shape index (κ2) is 8.27. The van der Waals surface area contributed by atoms with Crippen molar-refractivity contribution in [2.45, 2.75) is 20.3 Å². The molecule has 0 saturated carbocycles. The number of hydrogen-bond acceptors (Lipinski definition) is 6. The van der Waals surface area contributed by atoms with Crippen LogP contribution in [0, 0.1) is 34.5 Å². The standard InChI is InChI=1S/C15H15F3N2O5/c1-4-5-19-6-8(15(22)25-3)14(21)9-10(16)7(2)11(17)12(18)13(9)20(23)24/h6,19H,4-5H2,1-3H3/b8-6+. The van der Waals surface area contributed by atoms with Gasteiger partial charge in [0.2, 0.25) is 11.6 Å². The lowest BCUT2D eigenvalue weighted by molar-refractivity contribution is -0.388. The highest BCUT2D eigenvalue weighted by atomic mass is 19.2. The number of halogens is 3. The number of nitrogens with zero attached hydrogens (tertiary/aromatic N) is 1. The first-order chi connectivity index (χ1) is 11.7. The van der Waals surface area contributed by atoms with Crippen LogP contribution in [0.15, 0.2) is 11.8 Å². The van der Waals surface area contributed by atoms with Gasteiger partial charge in [-0.1, -0.05) is 6.92 Å². The van der Waals surface area contributed by atoms with E-state index in [1.54, 1.807) is 6.92 Å². The van der Waals surface area contributed by atoms with Gasteiger partial charge in [-0.3, -0.25) is 14.9 Å². The molecular formula is C15H15F3N2O5. The summed E-state index contributed by atoms with van der Waals surface area (Å²) in [5.41, 5.74) is -4.74. The molecule has 0 aliphatic heterocycles. The lowest BCUT2D eigenvalue weighted by Gasteiger charge is -2.10. The molecule has 7 nitrogen and oxygen atoms in total. The molecular weight excluding hydrogens is 345 g/mol. The zero-order valence-corrected chi connectivity index (χ0v) is 13.6. The highest BCUT2D eigenvalue weighted by Crippen LogP contribution is 2.32. The topological polar surface area (TPSA) is 98.5 Å². The molecule has 1 N–H and O–H groups in total. The molecule has 0 aliphatic rings. The third-order valence-corrected chi connectivity index (χ3v) is 3.22. The average Bonchev–Trinajstić information content (AvgIpc) is 2.58. The van der Waals surface area contributed by atoms with Gasteiger partial charge in [0.25, 0.3) is 0 Å². The van der Waals surface area contributed by atoms with Crippen molar-refractivity contribution in [2.24, 2.45) is 0 Å². The van der Waals surface area contributed by atoms with Crippen LogP contribution in [0.4, 0.5) is 18.9 Å². The van der Waals surface area contributed by atoms with Crippen LogP contribution in [0.25, 0.3) is 0 Å². The number of hydrogen-bond donors (Lipinski definition) is 1. The minimum Gasteiger partial charge on any atom is -0.465 e. The Morgan fingerprint density at radius 1 is 1.24 bits per heavy atom. The molecule has 0 aromatic heterocycles. The van der Waals surface area contributed by atoms with Gasteiger partial charge >= 0.3 is 11.7 Å². The van der Waals surface area contributed by atoms with Gasteiger partial charge in [-0.25, -0.2) is 13.6 Å². The van der Waals surface area contributed by atoms with E-state index in [-0.39, 0.29) is 0 Å². The molecule has 0 aliphatic carbocycles. The number of ketones is 1. The Hall–Kier alpha value is -2.91. The van der Waals surface area contributed by atoms with Crippen molar-refractivity contribution < 1.29 is 32.4 Å². The van der Waals surface area contributed by atoms with Gasteiger partial charge in [-0.15, -0.1) is 0 Å². The molecule has 1 aromatic rings. The number of carbonyl (C=O) groups excluding carboxylic acids is 2. The molecule has 0 radical (unpaired) electrons. The first kappa shape index (κ1) is 20.1. The molecule has 0 spiro atoms. The molecule has 0 saturated heterocycles. The van der Waals surface area contributed by atoms with Gasteiger partial charge in [0, 0.05) is 18.3 Å². The molecule has 25 heavy (non-hydrogen) atoms. The van der Waals surface area contributed by atoms with E-state index >= 15 is 0 Å². The van der Waals surface area contributed by atoms with Crippen LogP contribution in [0.5, 0.6) is 0 Å². The first-order valence-electron chi connectivity index (χ1n) is 7.06. The molecule has 136 valence electrons. The summed E-state index contributed by atoms with van der Waals surface area (Å²) >= 11 is 0. The number of ether oxygens (including phenoxy) is 1. The molecule has 10 heteroatoms. The Balaban J connectivity index is 3.66. The number of nitro groups is 1. The third kappa shape index (κ3) is 3.95. The Kier molecular flexibility index (Phi) is 6.66. The number of nitrogens with one attached hydrogen (secondary N) is 1. The number of benzene rings is 1. The molecule has 0 atom stereocenters. The summed E-state index contributed by atoms with van der Waals surface area (Å²) in [4.78, 5) is 33.8. The van der Waals surface area contributed by atoms with Gasteiger partial charge in [-0.05, 0) is 13.3 Å². The van der Waals surface area contributed by atoms with E-state index in [0.29, 0.717) is 13.0 Å². The van der Waals surface area contributed by atoms with E-state index in [0.717, 1.165) is 20.2 Å². The van der Waals surface area contributed by atoms with Crippen LogP contribution in [-0.2, 0) is 9.53 Å². The maximum atomic E-state index is 14.3. The molecule has 0 heterocycles. The summed E-state index contributed by atoms with van der Waals surface area (Å²) in [7, 11) is 0.935. The zero-order chi connectivity index (χ0) is 19.3. The summed E-state index contributed by atoms with van der Waals surface area (Å²) in [6.07, 6.45) is 1.50. The predicted octanol–water partition coefficient (Wildman–Crippen LogP) is 2.56. The fourth-order valence-corrected chi connectivity index (χ4v) is 1.93. The molecule has 0 amide bonds. The lowest BCUT2D eigenvalue weighted by atomic mass is 9.98. The van der Waals surface area contributed by atoms with Crippen LogP contribution in [0.3, 0.4) is 0 Å². The Morgan fingerprint density at radius 3 is 2.32 bits per heavy atom. The van der Waals surface area contributed by atoms with E-state index in [2.05, 4.69) is 10.1 Å².